The summed E-state index contributed by atoms with van der Waals surface area (Å²) in [6, 6.07) is 5.90. The average Bonchev–Trinajstić information content (AvgIpc) is 3.11. The molecule has 30 heavy (non-hydrogen) atoms. The van der Waals surface area contributed by atoms with E-state index >= 15 is 0 Å². The number of nitrogens with zero attached hydrogens (tertiary/aromatic N) is 1. The zero-order chi connectivity index (χ0) is 21.3. The second kappa shape index (κ2) is 8.11. The number of hydrogen-bond donors (Lipinski definition) is 3. The minimum Gasteiger partial charge on any atom is -0.492 e. The summed E-state index contributed by atoms with van der Waals surface area (Å²) in [5.74, 6) is -1.62. The third-order valence-electron chi connectivity index (χ3n) is 5.01. The predicted molar refractivity (Wildman–Crippen MR) is 107 cm³/mol. The fourth-order valence-electron chi connectivity index (χ4n) is 3.67. The van der Waals surface area contributed by atoms with Crippen molar-refractivity contribution in [1.82, 2.24) is 15.3 Å². The Bertz CT molecular complexity index is 1100. The second-order valence-corrected chi connectivity index (χ2v) is 6.83. The Hall–Kier alpha value is -3.46. The molecule has 3 N–H and O–H groups in total. The molecule has 0 radical (unpaired) electrons. The number of pyridine rings is 1. The lowest BCUT2D eigenvalue weighted by atomic mass is 9.97. The zero-order valence-corrected chi connectivity index (χ0v) is 16.4. The minimum atomic E-state index is -0.565. The van der Waals surface area contributed by atoms with E-state index in [1.165, 1.54) is 31.5 Å². The number of hydrogen-bond acceptors (Lipinski definition) is 5. The number of aromatic amines is 1. The monoisotopic (exact) mass is 414 g/mol. The number of benzene rings is 1. The molecule has 1 aliphatic rings. The Balaban J connectivity index is 1.93. The summed E-state index contributed by atoms with van der Waals surface area (Å²) in [4.78, 5) is 19.8. The quantitative estimate of drug-likeness (QED) is 0.574. The van der Waals surface area contributed by atoms with Crippen LogP contribution in [0.5, 0.6) is 5.75 Å². The number of anilines is 2. The highest BCUT2D eigenvalue weighted by Crippen LogP contribution is 2.42. The molecule has 2 aromatic heterocycles. The fraction of sp³-hybridized carbons (Fsp3) is 0.238. The SMILES string of the molecule is COCC1CNC(=O)c2c1[nH]c(-c1ccncc1F)c2Nc1cccc(F)c1OC. The van der Waals surface area contributed by atoms with Crippen LogP contribution in [0.1, 0.15) is 22.0 Å². The zero-order valence-electron chi connectivity index (χ0n) is 16.4. The van der Waals surface area contributed by atoms with Crippen LogP contribution in [0.25, 0.3) is 11.3 Å². The van der Waals surface area contributed by atoms with Gasteiger partial charge in [-0.05, 0) is 18.2 Å². The van der Waals surface area contributed by atoms with Crippen LogP contribution in [0.2, 0.25) is 0 Å². The van der Waals surface area contributed by atoms with Crippen LogP contribution >= 0.6 is 0 Å². The van der Waals surface area contributed by atoms with E-state index in [1.807, 2.05) is 0 Å². The summed E-state index contributed by atoms with van der Waals surface area (Å²) in [5, 5.41) is 5.90. The number of rotatable bonds is 6. The standard InChI is InChI=1S/C21H20F2N4O3/c1-29-10-11-8-25-21(28)16-17(11)27-18(12-6-7-24-9-14(12)23)19(16)26-15-5-3-4-13(22)20(15)30-2/h3-7,9,11,26-27H,8,10H2,1-2H3,(H,25,28). The van der Waals surface area contributed by atoms with Crippen molar-refractivity contribution < 1.29 is 23.0 Å². The molecule has 0 saturated carbocycles. The topological polar surface area (TPSA) is 88.3 Å². The highest BCUT2D eigenvalue weighted by Gasteiger charge is 2.33. The van der Waals surface area contributed by atoms with Crippen LogP contribution in [-0.4, -0.2) is 43.2 Å². The van der Waals surface area contributed by atoms with Gasteiger partial charge in [-0.1, -0.05) is 6.07 Å². The molecule has 0 spiro atoms. The van der Waals surface area contributed by atoms with E-state index < -0.39 is 11.6 Å². The lowest BCUT2D eigenvalue weighted by Crippen LogP contribution is -2.36. The maximum Gasteiger partial charge on any atom is 0.255 e. The van der Waals surface area contributed by atoms with Gasteiger partial charge in [0.15, 0.2) is 17.4 Å². The second-order valence-electron chi connectivity index (χ2n) is 6.83. The molecule has 3 heterocycles. The van der Waals surface area contributed by atoms with Crippen molar-refractivity contribution in [2.24, 2.45) is 0 Å². The first-order valence-corrected chi connectivity index (χ1v) is 9.27. The minimum absolute atomic E-state index is 0.0155. The van der Waals surface area contributed by atoms with E-state index in [4.69, 9.17) is 9.47 Å². The fourth-order valence-corrected chi connectivity index (χ4v) is 3.67. The number of amides is 1. The van der Waals surface area contributed by atoms with Crippen LogP contribution in [0.3, 0.4) is 0 Å². The summed E-state index contributed by atoms with van der Waals surface area (Å²) >= 11 is 0. The Labute approximate surface area is 171 Å². The average molecular weight is 414 g/mol. The summed E-state index contributed by atoms with van der Waals surface area (Å²) in [7, 11) is 2.92. The van der Waals surface area contributed by atoms with E-state index in [1.54, 1.807) is 13.2 Å². The molecule has 3 aromatic rings. The summed E-state index contributed by atoms with van der Waals surface area (Å²) < 4.78 is 39.2. The van der Waals surface area contributed by atoms with Gasteiger partial charge in [0.05, 0.1) is 42.5 Å². The Morgan fingerprint density at radius 1 is 1.23 bits per heavy atom. The number of carbonyl (C=O) groups excluding carboxylic acids is 1. The smallest absolute Gasteiger partial charge is 0.255 e. The number of para-hydroxylation sites is 1. The molecule has 9 heteroatoms. The molecular weight excluding hydrogens is 394 g/mol. The molecule has 0 bridgehead atoms. The number of nitrogens with one attached hydrogen (secondary N) is 3. The lowest BCUT2D eigenvalue weighted by Gasteiger charge is -2.23. The van der Waals surface area contributed by atoms with Gasteiger partial charge in [-0.25, -0.2) is 8.78 Å². The molecule has 4 rings (SSSR count). The number of halogens is 2. The van der Waals surface area contributed by atoms with E-state index in [0.29, 0.717) is 41.5 Å². The van der Waals surface area contributed by atoms with Crippen molar-refractivity contribution in [2.75, 3.05) is 32.7 Å². The third-order valence-corrected chi connectivity index (χ3v) is 5.01. The molecule has 1 aromatic carbocycles. The van der Waals surface area contributed by atoms with Crippen LogP contribution in [0, 0.1) is 11.6 Å². The number of aromatic nitrogens is 2. The number of fused-ring (bicyclic) bond motifs is 1. The first-order chi connectivity index (χ1) is 14.5. The maximum atomic E-state index is 14.6. The molecule has 1 atom stereocenters. The van der Waals surface area contributed by atoms with Gasteiger partial charge < -0.3 is 25.1 Å². The van der Waals surface area contributed by atoms with Crippen LogP contribution < -0.4 is 15.4 Å². The van der Waals surface area contributed by atoms with E-state index in [2.05, 4.69) is 20.6 Å². The first kappa shape index (κ1) is 19.8. The molecule has 156 valence electrons. The predicted octanol–water partition coefficient (Wildman–Crippen LogP) is 3.58. The van der Waals surface area contributed by atoms with Gasteiger partial charge in [0.2, 0.25) is 0 Å². The molecule has 0 aliphatic carbocycles. The normalized spacial score (nSPS) is 15.5. The maximum absolute atomic E-state index is 14.6. The number of carbonyl (C=O) groups is 1. The van der Waals surface area contributed by atoms with E-state index in [-0.39, 0.29) is 23.1 Å². The molecular formula is C21H20F2N4O3. The lowest BCUT2D eigenvalue weighted by molar-refractivity contribution is 0.0925. The Morgan fingerprint density at radius 2 is 2.07 bits per heavy atom. The Morgan fingerprint density at radius 3 is 2.80 bits per heavy atom. The van der Waals surface area contributed by atoms with Gasteiger partial charge in [-0.2, -0.15) is 0 Å². The number of methoxy groups -OCH3 is 2. The van der Waals surface area contributed by atoms with Crippen molar-refractivity contribution in [1.29, 1.82) is 0 Å². The van der Waals surface area contributed by atoms with Crippen LogP contribution in [0.15, 0.2) is 36.7 Å². The number of H-pyrrole nitrogens is 1. The van der Waals surface area contributed by atoms with Gasteiger partial charge in [-0.15, -0.1) is 0 Å². The molecule has 0 saturated heterocycles. The number of ether oxygens (including phenoxy) is 2. The van der Waals surface area contributed by atoms with Gasteiger partial charge in [0.25, 0.3) is 5.91 Å². The van der Waals surface area contributed by atoms with Crippen molar-refractivity contribution >= 4 is 17.3 Å². The highest BCUT2D eigenvalue weighted by molar-refractivity contribution is 6.06. The van der Waals surface area contributed by atoms with E-state index in [0.717, 1.165) is 6.20 Å². The molecule has 1 aliphatic heterocycles. The van der Waals surface area contributed by atoms with Gasteiger partial charge >= 0.3 is 0 Å². The van der Waals surface area contributed by atoms with Crippen LogP contribution in [-0.2, 0) is 4.74 Å². The van der Waals surface area contributed by atoms with Crippen molar-refractivity contribution in [3.63, 3.8) is 0 Å². The van der Waals surface area contributed by atoms with Crippen molar-refractivity contribution in [2.45, 2.75) is 5.92 Å². The van der Waals surface area contributed by atoms with Gasteiger partial charge in [-0.3, -0.25) is 9.78 Å². The van der Waals surface area contributed by atoms with Crippen molar-refractivity contribution in [3.05, 3.63) is 59.6 Å². The van der Waals surface area contributed by atoms with Crippen molar-refractivity contribution in [3.8, 4) is 17.0 Å². The summed E-state index contributed by atoms with van der Waals surface area (Å²) in [6.07, 6.45) is 2.55. The largest absolute Gasteiger partial charge is 0.492 e. The van der Waals surface area contributed by atoms with Crippen LogP contribution in [0.4, 0.5) is 20.2 Å². The highest BCUT2D eigenvalue weighted by atomic mass is 19.1. The Kier molecular flexibility index (Phi) is 5.37. The molecule has 1 unspecified atom stereocenters. The summed E-state index contributed by atoms with van der Waals surface area (Å²) in [5.41, 5.74) is 2.13. The van der Waals surface area contributed by atoms with E-state index in [9.17, 15) is 13.6 Å². The molecule has 7 nitrogen and oxygen atoms in total. The molecule has 0 fully saturated rings. The summed E-state index contributed by atoms with van der Waals surface area (Å²) in [6.45, 7) is 0.732. The first-order valence-electron chi connectivity index (χ1n) is 9.27. The third kappa shape index (κ3) is 3.37. The van der Waals surface area contributed by atoms with Gasteiger partial charge in [0, 0.05) is 37.0 Å². The van der Waals surface area contributed by atoms with Gasteiger partial charge in [0.1, 0.15) is 0 Å². The molecule has 1 amide bonds.